The topological polar surface area (TPSA) is 59.8 Å². The molecule has 2 heterocycles. The van der Waals surface area contributed by atoms with Gasteiger partial charge in [-0.3, -0.25) is 4.79 Å². The first-order valence-electron chi connectivity index (χ1n) is 7.91. The van der Waals surface area contributed by atoms with Crippen LogP contribution in [0, 0.1) is 6.92 Å². The molecule has 27 heavy (non-hydrogen) atoms. The maximum atomic E-state index is 12.5. The monoisotopic (exact) mass is 392 g/mol. The molecule has 1 amide bonds. The van der Waals surface area contributed by atoms with Crippen molar-refractivity contribution in [2.75, 3.05) is 11.1 Å². The van der Waals surface area contributed by atoms with Gasteiger partial charge in [-0.15, -0.1) is 0 Å². The Kier molecular flexibility index (Phi) is 5.50. The van der Waals surface area contributed by atoms with Crippen LogP contribution in [-0.4, -0.2) is 26.4 Å². The van der Waals surface area contributed by atoms with E-state index in [4.69, 9.17) is 0 Å². The van der Waals surface area contributed by atoms with Crippen LogP contribution >= 0.6 is 11.8 Å². The summed E-state index contributed by atoms with van der Waals surface area (Å²) in [5.74, 6) is 0.223. The Bertz CT molecular complexity index is 924. The molecule has 140 valence electrons. The van der Waals surface area contributed by atoms with E-state index < -0.39 is 11.7 Å². The van der Waals surface area contributed by atoms with Crippen molar-refractivity contribution in [3.8, 4) is 5.69 Å². The minimum absolute atomic E-state index is 0.0113. The molecular formula is C18H15F3N4OS. The zero-order valence-electron chi connectivity index (χ0n) is 14.2. The molecule has 0 aliphatic heterocycles. The van der Waals surface area contributed by atoms with Crippen molar-refractivity contribution < 1.29 is 18.0 Å². The van der Waals surface area contributed by atoms with Gasteiger partial charge >= 0.3 is 6.18 Å². The van der Waals surface area contributed by atoms with Crippen molar-refractivity contribution in [2.24, 2.45) is 0 Å². The highest BCUT2D eigenvalue weighted by Crippen LogP contribution is 2.29. The second-order valence-corrected chi connectivity index (χ2v) is 6.63. The molecule has 0 aliphatic carbocycles. The van der Waals surface area contributed by atoms with E-state index in [-0.39, 0.29) is 11.7 Å². The zero-order valence-corrected chi connectivity index (χ0v) is 15.0. The Morgan fingerprint density at radius 2 is 1.93 bits per heavy atom. The van der Waals surface area contributed by atoms with Gasteiger partial charge in [0.2, 0.25) is 5.91 Å². The van der Waals surface area contributed by atoms with Crippen LogP contribution in [0.2, 0.25) is 0 Å². The number of rotatable bonds is 5. The van der Waals surface area contributed by atoms with Crippen LogP contribution < -0.4 is 5.32 Å². The number of hydrogen-bond donors (Lipinski definition) is 1. The van der Waals surface area contributed by atoms with Gasteiger partial charge in [0, 0.05) is 12.3 Å². The minimum Gasteiger partial charge on any atom is -0.310 e. The Balaban J connectivity index is 1.64. The van der Waals surface area contributed by atoms with Crippen LogP contribution in [0.5, 0.6) is 0 Å². The largest absolute Gasteiger partial charge is 0.417 e. The van der Waals surface area contributed by atoms with Crippen molar-refractivity contribution in [1.29, 1.82) is 0 Å². The molecule has 0 bridgehead atoms. The van der Waals surface area contributed by atoms with Crippen LogP contribution in [0.1, 0.15) is 11.3 Å². The lowest BCUT2D eigenvalue weighted by Gasteiger charge is -2.09. The van der Waals surface area contributed by atoms with Crippen LogP contribution in [-0.2, 0) is 11.0 Å². The van der Waals surface area contributed by atoms with Gasteiger partial charge in [0.05, 0.1) is 27.7 Å². The molecule has 0 saturated carbocycles. The predicted molar refractivity (Wildman–Crippen MR) is 96.9 cm³/mol. The van der Waals surface area contributed by atoms with Crippen molar-refractivity contribution in [1.82, 2.24) is 14.8 Å². The number of aryl methyl sites for hydroxylation is 1. The van der Waals surface area contributed by atoms with Crippen LogP contribution in [0.25, 0.3) is 5.69 Å². The van der Waals surface area contributed by atoms with E-state index >= 15 is 0 Å². The number of amides is 1. The van der Waals surface area contributed by atoms with Gasteiger partial charge in [-0.2, -0.15) is 18.3 Å². The fourth-order valence-corrected chi connectivity index (χ4v) is 2.95. The fourth-order valence-electron chi connectivity index (χ4n) is 2.31. The van der Waals surface area contributed by atoms with Crippen LogP contribution in [0.4, 0.5) is 19.0 Å². The highest BCUT2D eigenvalue weighted by Gasteiger charge is 2.30. The van der Waals surface area contributed by atoms with Gasteiger partial charge in [-0.1, -0.05) is 30.0 Å². The molecule has 0 saturated heterocycles. The Labute approximate surface area is 157 Å². The summed E-state index contributed by atoms with van der Waals surface area (Å²) in [7, 11) is 0. The number of carbonyl (C=O) groups excluding carboxylic acids is 1. The molecule has 0 atom stereocenters. The SMILES string of the molecule is Cc1cc(NC(=O)CSc2ccc(C(F)(F)F)cn2)n(-c2ccccc2)n1. The summed E-state index contributed by atoms with van der Waals surface area (Å²) in [5.41, 5.74) is 0.725. The molecule has 0 fully saturated rings. The van der Waals surface area contributed by atoms with Gasteiger partial charge in [-0.05, 0) is 31.2 Å². The van der Waals surface area contributed by atoms with Crippen molar-refractivity contribution in [2.45, 2.75) is 18.1 Å². The average molecular weight is 392 g/mol. The lowest BCUT2D eigenvalue weighted by molar-refractivity contribution is -0.137. The molecule has 1 N–H and O–H groups in total. The lowest BCUT2D eigenvalue weighted by atomic mass is 10.3. The average Bonchev–Trinajstić information content (AvgIpc) is 3.00. The molecule has 5 nitrogen and oxygen atoms in total. The molecule has 0 spiro atoms. The van der Waals surface area contributed by atoms with E-state index in [1.165, 1.54) is 6.07 Å². The lowest BCUT2D eigenvalue weighted by Crippen LogP contribution is -2.17. The summed E-state index contributed by atoms with van der Waals surface area (Å²) in [6, 6.07) is 13.3. The quantitative estimate of drug-likeness (QED) is 0.657. The van der Waals surface area contributed by atoms with E-state index in [9.17, 15) is 18.0 Å². The number of pyridine rings is 1. The third kappa shape index (κ3) is 4.88. The fraction of sp³-hybridized carbons (Fsp3) is 0.167. The number of anilines is 1. The number of halogens is 3. The number of thioether (sulfide) groups is 1. The number of alkyl halides is 3. The van der Waals surface area contributed by atoms with E-state index in [1.54, 1.807) is 10.7 Å². The smallest absolute Gasteiger partial charge is 0.310 e. The third-order valence-electron chi connectivity index (χ3n) is 3.51. The maximum absolute atomic E-state index is 12.5. The van der Waals surface area contributed by atoms with E-state index in [0.717, 1.165) is 35.4 Å². The number of hydrogen-bond acceptors (Lipinski definition) is 4. The first-order chi connectivity index (χ1) is 12.8. The van der Waals surface area contributed by atoms with Gasteiger partial charge in [0.1, 0.15) is 5.82 Å². The van der Waals surface area contributed by atoms with E-state index in [1.807, 2.05) is 37.3 Å². The van der Waals surface area contributed by atoms with E-state index in [0.29, 0.717) is 10.8 Å². The summed E-state index contributed by atoms with van der Waals surface area (Å²) < 4.78 is 39.2. The summed E-state index contributed by atoms with van der Waals surface area (Å²) in [6.45, 7) is 1.82. The first-order valence-corrected chi connectivity index (χ1v) is 8.89. The summed E-state index contributed by atoms with van der Waals surface area (Å²) in [4.78, 5) is 16.0. The second-order valence-electron chi connectivity index (χ2n) is 5.64. The number of aromatic nitrogens is 3. The number of nitrogens with one attached hydrogen (secondary N) is 1. The molecule has 1 aromatic carbocycles. The Morgan fingerprint density at radius 1 is 1.19 bits per heavy atom. The minimum atomic E-state index is -4.43. The summed E-state index contributed by atoms with van der Waals surface area (Å²) in [6.07, 6.45) is -3.67. The second kappa shape index (κ2) is 7.83. The maximum Gasteiger partial charge on any atom is 0.417 e. The van der Waals surface area contributed by atoms with Gasteiger partial charge in [0.15, 0.2) is 0 Å². The molecule has 3 rings (SSSR count). The van der Waals surface area contributed by atoms with Crippen LogP contribution in [0.15, 0.2) is 59.8 Å². The standard InChI is InChI=1S/C18H15F3N4OS/c1-12-9-15(25(24-12)14-5-3-2-4-6-14)23-16(26)11-27-17-8-7-13(10-22-17)18(19,20)21/h2-10H,11H2,1H3,(H,23,26). The van der Waals surface area contributed by atoms with Gasteiger partial charge in [0.25, 0.3) is 0 Å². The van der Waals surface area contributed by atoms with Crippen molar-refractivity contribution in [3.63, 3.8) is 0 Å². The first kappa shape index (κ1) is 19.0. The summed E-state index contributed by atoms with van der Waals surface area (Å²) in [5, 5.41) is 7.47. The highest BCUT2D eigenvalue weighted by atomic mass is 32.2. The number of nitrogens with zero attached hydrogens (tertiary/aromatic N) is 3. The number of carbonyl (C=O) groups is 1. The van der Waals surface area contributed by atoms with Crippen molar-refractivity contribution >= 4 is 23.5 Å². The molecule has 0 radical (unpaired) electrons. The molecular weight excluding hydrogens is 377 g/mol. The number of para-hydroxylation sites is 1. The third-order valence-corrected chi connectivity index (χ3v) is 4.46. The molecule has 2 aromatic heterocycles. The number of benzene rings is 1. The molecule has 9 heteroatoms. The molecule has 0 unspecified atom stereocenters. The predicted octanol–water partition coefficient (Wildman–Crippen LogP) is 4.33. The van der Waals surface area contributed by atoms with E-state index in [2.05, 4.69) is 15.4 Å². The highest BCUT2D eigenvalue weighted by molar-refractivity contribution is 7.99. The molecule has 0 aliphatic rings. The van der Waals surface area contributed by atoms with Crippen LogP contribution in [0.3, 0.4) is 0 Å². The Morgan fingerprint density at radius 3 is 2.56 bits per heavy atom. The summed E-state index contributed by atoms with van der Waals surface area (Å²) >= 11 is 1.06. The zero-order chi connectivity index (χ0) is 19.4. The van der Waals surface area contributed by atoms with Gasteiger partial charge in [-0.25, -0.2) is 9.67 Å². The Hall–Kier alpha value is -2.81. The normalized spacial score (nSPS) is 11.4. The van der Waals surface area contributed by atoms with Gasteiger partial charge < -0.3 is 5.32 Å². The van der Waals surface area contributed by atoms with Crippen molar-refractivity contribution in [3.05, 3.63) is 66.0 Å². The molecule has 3 aromatic rings.